The Morgan fingerprint density at radius 3 is 2.31 bits per heavy atom. The van der Waals surface area contributed by atoms with E-state index < -0.39 is 9.84 Å². The molecule has 1 unspecified atom stereocenters. The maximum absolute atomic E-state index is 11.5. The van der Waals surface area contributed by atoms with Crippen LogP contribution in [0.1, 0.15) is 30.9 Å². The Morgan fingerprint density at radius 2 is 1.88 bits per heavy atom. The lowest BCUT2D eigenvalue weighted by molar-refractivity contribution is -0.118. The Morgan fingerprint density at radius 1 is 1.31 bits per heavy atom. The van der Waals surface area contributed by atoms with Gasteiger partial charge in [0.25, 0.3) is 0 Å². The van der Waals surface area contributed by atoms with Gasteiger partial charge in [0.05, 0.1) is 4.90 Å². The van der Waals surface area contributed by atoms with Crippen LogP contribution in [0.15, 0.2) is 23.1 Å². The molecule has 88 valence electrons. The number of ketones is 1. The Bertz CT molecular complexity index is 515. The van der Waals surface area contributed by atoms with Crippen molar-refractivity contribution < 1.29 is 13.2 Å². The highest BCUT2D eigenvalue weighted by molar-refractivity contribution is 7.90. The van der Waals surface area contributed by atoms with Crippen LogP contribution in [-0.4, -0.2) is 20.5 Å². The molecule has 1 aromatic carbocycles. The first-order valence-electron chi connectivity index (χ1n) is 5.04. The van der Waals surface area contributed by atoms with Crippen LogP contribution in [0.3, 0.4) is 0 Å². The third-order valence-corrected chi connectivity index (χ3v) is 3.96. The molecule has 0 heterocycles. The molecule has 3 nitrogen and oxygen atoms in total. The third kappa shape index (κ3) is 2.70. The maximum Gasteiger partial charge on any atom is 0.175 e. The third-order valence-electron chi connectivity index (χ3n) is 2.72. The molecular formula is C12H16O3S. The minimum Gasteiger partial charge on any atom is -0.299 e. The van der Waals surface area contributed by atoms with Gasteiger partial charge in [0, 0.05) is 12.2 Å². The van der Waals surface area contributed by atoms with Gasteiger partial charge in [-0.05, 0) is 31.0 Å². The molecule has 0 fully saturated rings. The van der Waals surface area contributed by atoms with Gasteiger partial charge in [0.15, 0.2) is 9.84 Å². The fourth-order valence-electron chi connectivity index (χ4n) is 1.52. The van der Waals surface area contributed by atoms with Crippen molar-refractivity contribution in [1.29, 1.82) is 0 Å². The largest absolute Gasteiger partial charge is 0.299 e. The fraction of sp³-hybridized carbons (Fsp3) is 0.417. The lowest BCUT2D eigenvalue weighted by Gasteiger charge is -2.11. The predicted octanol–water partition coefficient (Wildman–Crippen LogP) is 2.09. The molecule has 16 heavy (non-hydrogen) atoms. The Kier molecular flexibility index (Phi) is 3.53. The minimum absolute atomic E-state index is 0.0308. The van der Waals surface area contributed by atoms with Crippen LogP contribution in [0.2, 0.25) is 0 Å². The molecule has 0 radical (unpaired) electrons. The van der Waals surface area contributed by atoms with E-state index in [1.54, 1.807) is 32.0 Å². The zero-order chi connectivity index (χ0) is 12.5. The summed E-state index contributed by atoms with van der Waals surface area (Å²) in [5.41, 5.74) is 1.46. The molecule has 1 rings (SSSR count). The van der Waals surface area contributed by atoms with Gasteiger partial charge in [-0.25, -0.2) is 8.42 Å². The van der Waals surface area contributed by atoms with Gasteiger partial charge < -0.3 is 0 Å². The second kappa shape index (κ2) is 4.37. The van der Waals surface area contributed by atoms with Gasteiger partial charge in [-0.1, -0.05) is 19.1 Å². The molecule has 0 N–H and O–H groups in total. The van der Waals surface area contributed by atoms with E-state index in [4.69, 9.17) is 0 Å². The maximum atomic E-state index is 11.5. The van der Waals surface area contributed by atoms with Crippen LogP contribution in [-0.2, 0) is 14.6 Å². The number of Topliss-reactive ketones (excluding diaryl/α,β-unsaturated/α-hetero) is 1. The molecule has 0 saturated carbocycles. The van der Waals surface area contributed by atoms with E-state index in [0.29, 0.717) is 10.5 Å². The van der Waals surface area contributed by atoms with Gasteiger partial charge in [-0.2, -0.15) is 0 Å². The zero-order valence-corrected chi connectivity index (χ0v) is 10.8. The second-order valence-corrected chi connectivity index (χ2v) is 6.11. The van der Waals surface area contributed by atoms with Gasteiger partial charge in [-0.15, -0.1) is 0 Å². The Hall–Kier alpha value is -1.16. The van der Waals surface area contributed by atoms with Crippen LogP contribution in [0, 0.1) is 6.92 Å². The van der Waals surface area contributed by atoms with Gasteiger partial charge in [0.2, 0.25) is 0 Å². The average Bonchev–Trinajstić information content (AvgIpc) is 2.15. The second-order valence-electron chi connectivity index (χ2n) is 4.13. The number of carbonyl (C=O) groups is 1. The molecule has 0 amide bonds. The summed E-state index contributed by atoms with van der Waals surface area (Å²) in [5.74, 6) is -0.232. The van der Waals surface area contributed by atoms with E-state index in [2.05, 4.69) is 0 Å². The number of hydrogen-bond donors (Lipinski definition) is 0. The molecule has 4 heteroatoms. The van der Waals surface area contributed by atoms with Crippen molar-refractivity contribution in [2.24, 2.45) is 0 Å². The van der Waals surface area contributed by atoms with Crippen molar-refractivity contribution in [3.05, 3.63) is 29.3 Å². The summed E-state index contributed by atoms with van der Waals surface area (Å²) in [7, 11) is -3.23. The highest BCUT2D eigenvalue weighted by atomic mass is 32.2. The topological polar surface area (TPSA) is 51.2 Å². The molecule has 0 bridgehead atoms. The smallest absolute Gasteiger partial charge is 0.175 e. The summed E-state index contributed by atoms with van der Waals surface area (Å²) in [6, 6.07) is 5.14. The standard InChI is InChI=1S/C12H16O3S/c1-8-5-6-11(9(2)10(3)13)7-12(8)16(4,14)15/h5-7,9H,1-4H3. The lowest BCUT2D eigenvalue weighted by Crippen LogP contribution is -2.07. The van der Waals surface area contributed by atoms with Crippen LogP contribution in [0.5, 0.6) is 0 Å². The van der Waals surface area contributed by atoms with Crippen molar-refractivity contribution in [3.8, 4) is 0 Å². The van der Waals surface area contributed by atoms with E-state index >= 15 is 0 Å². The molecule has 0 spiro atoms. The summed E-state index contributed by atoms with van der Waals surface area (Å²) in [6.45, 7) is 5.03. The van der Waals surface area contributed by atoms with Gasteiger partial charge >= 0.3 is 0 Å². The quantitative estimate of drug-likeness (QED) is 0.813. The van der Waals surface area contributed by atoms with Gasteiger partial charge in [0.1, 0.15) is 5.78 Å². The molecular weight excluding hydrogens is 224 g/mol. The highest BCUT2D eigenvalue weighted by Crippen LogP contribution is 2.22. The highest BCUT2D eigenvalue weighted by Gasteiger charge is 2.16. The average molecular weight is 240 g/mol. The van der Waals surface area contributed by atoms with Crippen molar-refractivity contribution in [1.82, 2.24) is 0 Å². The van der Waals surface area contributed by atoms with Crippen molar-refractivity contribution in [2.45, 2.75) is 31.6 Å². The molecule has 1 aromatic rings. The van der Waals surface area contributed by atoms with E-state index in [9.17, 15) is 13.2 Å². The summed E-state index contributed by atoms with van der Waals surface area (Å²) >= 11 is 0. The molecule has 0 aliphatic heterocycles. The lowest BCUT2D eigenvalue weighted by atomic mass is 9.97. The van der Waals surface area contributed by atoms with Crippen LogP contribution < -0.4 is 0 Å². The normalized spacial score (nSPS) is 13.5. The number of rotatable bonds is 3. The van der Waals surface area contributed by atoms with Crippen LogP contribution in [0.25, 0.3) is 0 Å². The summed E-state index contributed by atoms with van der Waals surface area (Å²) in [6.07, 6.45) is 1.18. The van der Waals surface area contributed by atoms with Crippen molar-refractivity contribution in [3.63, 3.8) is 0 Å². The van der Waals surface area contributed by atoms with E-state index in [1.807, 2.05) is 0 Å². The van der Waals surface area contributed by atoms with Crippen molar-refractivity contribution >= 4 is 15.6 Å². The monoisotopic (exact) mass is 240 g/mol. The number of aryl methyl sites for hydroxylation is 1. The van der Waals surface area contributed by atoms with Crippen LogP contribution in [0.4, 0.5) is 0 Å². The molecule has 0 saturated heterocycles. The van der Waals surface area contributed by atoms with Crippen LogP contribution >= 0.6 is 0 Å². The predicted molar refractivity (Wildman–Crippen MR) is 63.4 cm³/mol. The number of hydrogen-bond acceptors (Lipinski definition) is 3. The SMILES string of the molecule is CC(=O)C(C)c1ccc(C)c(S(C)(=O)=O)c1. The molecule has 1 atom stereocenters. The Labute approximate surface area is 96.4 Å². The molecule has 0 aliphatic rings. The molecule has 0 aromatic heterocycles. The molecule has 0 aliphatic carbocycles. The number of sulfone groups is 1. The first kappa shape index (κ1) is 12.9. The van der Waals surface area contributed by atoms with E-state index in [1.165, 1.54) is 13.2 Å². The summed E-state index contributed by atoms with van der Waals surface area (Å²) < 4.78 is 23.0. The van der Waals surface area contributed by atoms with Gasteiger partial charge in [-0.3, -0.25) is 4.79 Å². The number of benzene rings is 1. The fourth-order valence-corrected chi connectivity index (χ4v) is 2.52. The van der Waals surface area contributed by atoms with E-state index in [-0.39, 0.29) is 11.7 Å². The first-order chi connectivity index (χ1) is 7.23. The van der Waals surface area contributed by atoms with Crippen molar-refractivity contribution in [2.75, 3.05) is 6.26 Å². The summed E-state index contributed by atoms with van der Waals surface area (Å²) in [4.78, 5) is 11.5. The zero-order valence-electron chi connectivity index (χ0n) is 9.94. The van der Waals surface area contributed by atoms with E-state index in [0.717, 1.165) is 5.56 Å². The minimum atomic E-state index is -3.23. The Balaban J connectivity index is 3.34. The summed E-state index contributed by atoms with van der Waals surface area (Å²) in [5, 5.41) is 0. The first-order valence-corrected chi connectivity index (χ1v) is 6.93. The number of carbonyl (C=O) groups excluding carboxylic acids is 1.